The molecule has 0 bridgehead atoms. The number of hydrogen-bond acceptors (Lipinski definition) is 2. The van der Waals surface area contributed by atoms with E-state index in [1.807, 2.05) is 24.4 Å². The maximum Gasteiger partial charge on any atom is 0.223 e. The van der Waals surface area contributed by atoms with E-state index in [0.717, 1.165) is 37.9 Å². The Morgan fingerprint density at radius 1 is 1.28 bits per heavy atom. The van der Waals surface area contributed by atoms with E-state index < -0.39 is 0 Å². The van der Waals surface area contributed by atoms with Crippen LogP contribution in [0.5, 0.6) is 0 Å². The van der Waals surface area contributed by atoms with Crippen molar-refractivity contribution in [3.8, 4) is 0 Å². The zero-order valence-corrected chi connectivity index (χ0v) is 10.9. The molecule has 1 saturated carbocycles. The van der Waals surface area contributed by atoms with E-state index >= 15 is 0 Å². The predicted molar refractivity (Wildman–Crippen MR) is 72.1 cm³/mol. The summed E-state index contributed by atoms with van der Waals surface area (Å²) in [6.45, 7) is 0.770. The Labute approximate surface area is 109 Å². The van der Waals surface area contributed by atoms with Gasteiger partial charge in [-0.2, -0.15) is 0 Å². The Morgan fingerprint density at radius 3 is 2.83 bits per heavy atom. The highest BCUT2D eigenvalue weighted by atomic mass is 16.1. The van der Waals surface area contributed by atoms with Gasteiger partial charge in [-0.25, -0.2) is 0 Å². The van der Waals surface area contributed by atoms with Crippen LogP contribution in [0.25, 0.3) is 0 Å². The van der Waals surface area contributed by atoms with E-state index in [9.17, 15) is 4.79 Å². The molecule has 18 heavy (non-hydrogen) atoms. The Morgan fingerprint density at radius 2 is 2.11 bits per heavy atom. The van der Waals surface area contributed by atoms with Gasteiger partial charge in [0, 0.05) is 24.4 Å². The average Bonchev–Trinajstić information content (AvgIpc) is 2.45. The van der Waals surface area contributed by atoms with Crippen molar-refractivity contribution in [3.63, 3.8) is 0 Å². The SMILES string of the molecule is O=C(NCCCc1ccccn1)C1CCCCC1. The molecule has 0 spiro atoms. The molecule has 0 unspecified atom stereocenters. The summed E-state index contributed by atoms with van der Waals surface area (Å²) in [4.78, 5) is 16.2. The largest absolute Gasteiger partial charge is 0.356 e. The van der Waals surface area contributed by atoms with Gasteiger partial charge >= 0.3 is 0 Å². The van der Waals surface area contributed by atoms with Crippen LogP contribution in [0.4, 0.5) is 0 Å². The minimum atomic E-state index is 0.260. The fourth-order valence-corrected chi connectivity index (χ4v) is 2.54. The lowest BCUT2D eigenvalue weighted by Gasteiger charge is -2.20. The van der Waals surface area contributed by atoms with Crippen LogP contribution in [0.15, 0.2) is 24.4 Å². The highest BCUT2D eigenvalue weighted by Gasteiger charge is 2.20. The van der Waals surface area contributed by atoms with Crippen LogP contribution in [0.1, 0.15) is 44.2 Å². The number of rotatable bonds is 5. The molecular formula is C15H22N2O. The number of nitrogens with one attached hydrogen (secondary N) is 1. The van der Waals surface area contributed by atoms with Gasteiger partial charge in [-0.3, -0.25) is 9.78 Å². The molecule has 0 saturated heterocycles. The Hall–Kier alpha value is -1.38. The van der Waals surface area contributed by atoms with Crippen LogP contribution < -0.4 is 5.32 Å². The lowest BCUT2D eigenvalue weighted by molar-refractivity contribution is -0.125. The summed E-state index contributed by atoms with van der Waals surface area (Å²) in [7, 11) is 0. The van der Waals surface area contributed by atoms with Crippen molar-refractivity contribution in [2.45, 2.75) is 44.9 Å². The number of carbonyl (C=O) groups is 1. The summed E-state index contributed by atoms with van der Waals surface area (Å²) in [6.07, 6.45) is 9.59. The Balaban J connectivity index is 1.61. The zero-order chi connectivity index (χ0) is 12.6. The van der Waals surface area contributed by atoms with Gasteiger partial charge in [0.15, 0.2) is 0 Å². The third kappa shape index (κ3) is 4.13. The highest BCUT2D eigenvalue weighted by molar-refractivity contribution is 5.78. The summed E-state index contributed by atoms with van der Waals surface area (Å²) in [6, 6.07) is 5.96. The summed E-state index contributed by atoms with van der Waals surface area (Å²) >= 11 is 0. The van der Waals surface area contributed by atoms with Gasteiger partial charge in [-0.05, 0) is 37.8 Å². The second kappa shape index (κ2) is 7.14. The molecule has 0 aromatic carbocycles. The average molecular weight is 246 g/mol. The van der Waals surface area contributed by atoms with E-state index in [4.69, 9.17) is 0 Å². The van der Waals surface area contributed by atoms with E-state index in [-0.39, 0.29) is 11.8 Å². The van der Waals surface area contributed by atoms with E-state index in [1.165, 1.54) is 19.3 Å². The minimum absolute atomic E-state index is 0.260. The molecule has 1 aromatic heterocycles. The topological polar surface area (TPSA) is 42.0 Å². The molecule has 0 aliphatic heterocycles. The molecule has 2 rings (SSSR count). The van der Waals surface area contributed by atoms with Gasteiger partial charge in [-0.15, -0.1) is 0 Å². The fraction of sp³-hybridized carbons (Fsp3) is 0.600. The van der Waals surface area contributed by atoms with Crippen molar-refractivity contribution >= 4 is 5.91 Å². The molecule has 3 nitrogen and oxygen atoms in total. The summed E-state index contributed by atoms with van der Waals surface area (Å²) in [5.74, 6) is 0.532. The van der Waals surface area contributed by atoms with E-state index in [2.05, 4.69) is 10.3 Å². The Bertz CT molecular complexity index is 358. The molecule has 1 amide bonds. The van der Waals surface area contributed by atoms with Gasteiger partial charge in [0.1, 0.15) is 0 Å². The third-order valence-corrected chi connectivity index (χ3v) is 3.61. The Kier molecular flexibility index (Phi) is 5.18. The summed E-state index contributed by atoms with van der Waals surface area (Å²) in [5.41, 5.74) is 1.10. The van der Waals surface area contributed by atoms with E-state index in [0.29, 0.717) is 0 Å². The molecule has 3 heteroatoms. The van der Waals surface area contributed by atoms with Gasteiger partial charge < -0.3 is 5.32 Å². The summed E-state index contributed by atoms with van der Waals surface area (Å²) < 4.78 is 0. The molecule has 1 aromatic rings. The van der Waals surface area contributed by atoms with Crippen LogP contribution in [0.2, 0.25) is 0 Å². The van der Waals surface area contributed by atoms with Crippen LogP contribution in [0.3, 0.4) is 0 Å². The van der Waals surface area contributed by atoms with Crippen molar-refractivity contribution < 1.29 is 4.79 Å². The first-order chi connectivity index (χ1) is 8.86. The first kappa shape index (κ1) is 13.1. The second-order valence-corrected chi connectivity index (χ2v) is 5.05. The quantitative estimate of drug-likeness (QED) is 0.812. The van der Waals surface area contributed by atoms with Crippen molar-refractivity contribution in [2.24, 2.45) is 5.92 Å². The normalized spacial score (nSPS) is 16.4. The zero-order valence-electron chi connectivity index (χ0n) is 10.9. The fourth-order valence-electron chi connectivity index (χ4n) is 2.54. The molecule has 1 aliphatic carbocycles. The lowest BCUT2D eigenvalue weighted by Crippen LogP contribution is -2.32. The number of aromatic nitrogens is 1. The number of hydrogen-bond donors (Lipinski definition) is 1. The number of amides is 1. The molecule has 1 aliphatic rings. The van der Waals surface area contributed by atoms with Crippen molar-refractivity contribution in [2.75, 3.05) is 6.54 Å². The molecule has 98 valence electrons. The van der Waals surface area contributed by atoms with Crippen molar-refractivity contribution in [1.82, 2.24) is 10.3 Å². The predicted octanol–water partition coefficient (Wildman–Crippen LogP) is 2.71. The summed E-state index contributed by atoms with van der Waals surface area (Å²) in [5, 5.41) is 3.06. The molecule has 0 atom stereocenters. The number of aryl methyl sites for hydroxylation is 1. The van der Waals surface area contributed by atoms with Gasteiger partial charge in [0.05, 0.1) is 0 Å². The van der Waals surface area contributed by atoms with Gasteiger partial charge in [0.2, 0.25) is 5.91 Å². The van der Waals surface area contributed by atoms with Crippen LogP contribution in [-0.4, -0.2) is 17.4 Å². The first-order valence-corrected chi connectivity index (χ1v) is 7.04. The maximum absolute atomic E-state index is 11.9. The monoisotopic (exact) mass is 246 g/mol. The molecule has 0 radical (unpaired) electrons. The standard InChI is InChI=1S/C15H22N2O/c18-15(13-7-2-1-3-8-13)17-12-6-10-14-9-4-5-11-16-14/h4-5,9,11,13H,1-3,6-8,10,12H2,(H,17,18). The minimum Gasteiger partial charge on any atom is -0.356 e. The van der Waals surface area contributed by atoms with Gasteiger partial charge in [-0.1, -0.05) is 25.3 Å². The molecule has 1 N–H and O–H groups in total. The van der Waals surface area contributed by atoms with Gasteiger partial charge in [0.25, 0.3) is 0 Å². The molecular weight excluding hydrogens is 224 g/mol. The molecule has 1 heterocycles. The lowest BCUT2D eigenvalue weighted by atomic mass is 9.89. The van der Waals surface area contributed by atoms with Crippen LogP contribution in [-0.2, 0) is 11.2 Å². The number of carbonyl (C=O) groups excluding carboxylic acids is 1. The third-order valence-electron chi connectivity index (χ3n) is 3.61. The smallest absolute Gasteiger partial charge is 0.223 e. The first-order valence-electron chi connectivity index (χ1n) is 7.04. The van der Waals surface area contributed by atoms with Crippen molar-refractivity contribution in [3.05, 3.63) is 30.1 Å². The van der Waals surface area contributed by atoms with Crippen LogP contribution >= 0.6 is 0 Å². The number of pyridine rings is 1. The second-order valence-electron chi connectivity index (χ2n) is 5.05. The molecule has 1 fully saturated rings. The van der Waals surface area contributed by atoms with E-state index in [1.54, 1.807) is 0 Å². The van der Waals surface area contributed by atoms with Crippen LogP contribution in [0, 0.1) is 5.92 Å². The maximum atomic E-state index is 11.9. The highest BCUT2D eigenvalue weighted by Crippen LogP contribution is 2.23. The number of nitrogens with zero attached hydrogens (tertiary/aromatic N) is 1. The van der Waals surface area contributed by atoms with Crippen molar-refractivity contribution in [1.29, 1.82) is 0 Å².